The fraction of sp³-hybridized carbons (Fsp3) is 0.259. The quantitative estimate of drug-likeness (QED) is 0.319. The predicted octanol–water partition coefficient (Wildman–Crippen LogP) is 4.92. The van der Waals surface area contributed by atoms with E-state index >= 15 is 0 Å². The molecule has 0 bridgehead atoms. The summed E-state index contributed by atoms with van der Waals surface area (Å²) in [5.74, 6) is 1.45. The molecule has 0 spiro atoms. The van der Waals surface area contributed by atoms with Gasteiger partial charge in [-0.1, -0.05) is 28.9 Å². The summed E-state index contributed by atoms with van der Waals surface area (Å²) in [5.41, 5.74) is 5.03. The Kier molecular flexibility index (Phi) is 5.64. The first kappa shape index (κ1) is 24.1. The lowest BCUT2D eigenvalue weighted by atomic mass is 10.0. The number of aryl methyl sites for hydroxylation is 2. The molecule has 0 aliphatic carbocycles. The molecule has 1 aromatic carbocycles. The summed E-state index contributed by atoms with van der Waals surface area (Å²) >= 11 is 6.24. The third kappa shape index (κ3) is 3.63. The smallest absolute Gasteiger partial charge is 0.280 e. The normalized spacial score (nSPS) is 15.1. The fourth-order valence-corrected chi connectivity index (χ4v) is 5.15. The van der Waals surface area contributed by atoms with Gasteiger partial charge in [-0.25, -0.2) is 19.6 Å². The Morgan fingerprint density at radius 2 is 1.84 bits per heavy atom. The lowest BCUT2D eigenvalue weighted by Gasteiger charge is -2.28. The van der Waals surface area contributed by atoms with Gasteiger partial charge in [-0.05, 0) is 56.2 Å². The Morgan fingerprint density at radius 1 is 1.08 bits per heavy atom. The van der Waals surface area contributed by atoms with Gasteiger partial charge in [-0.15, -0.1) is 5.10 Å². The van der Waals surface area contributed by atoms with Crippen molar-refractivity contribution in [3.8, 4) is 17.3 Å². The minimum atomic E-state index is -0.477. The molecule has 0 radical (unpaired) electrons. The Bertz CT molecular complexity index is 1690. The highest BCUT2D eigenvalue weighted by molar-refractivity contribution is 6.30. The van der Waals surface area contributed by atoms with Crippen molar-refractivity contribution >= 4 is 34.5 Å². The number of carbonyl (C=O) groups is 1. The van der Waals surface area contributed by atoms with Crippen LogP contribution in [0.15, 0.2) is 48.7 Å². The number of pyridine rings is 2. The highest BCUT2D eigenvalue weighted by Crippen LogP contribution is 2.44. The zero-order valence-corrected chi connectivity index (χ0v) is 22.3. The molecule has 11 heteroatoms. The Hall–Kier alpha value is -4.31. The van der Waals surface area contributed by atoms with Crippen LogP contribution in [0.4, 0.5) is 5.82 Å². The second-order valence-electron chi connectivity index (χ2n) is 9.53. The van der Waals surface area contributed by atoms with Crippen LogP contribution in [0.1, 0.15) is 53.2 Å². The van der Waals surface area contributed by atoms with E-state index in [1.54, 1.807) is 36.0 Å². The van der Waals surface area contributed by atoms with Gasteiger partial charge in [-0.3, -0.25) is 9.69 Å². The summed E-state index contributed by atoms with van der Waals surface area (Å²) in [6, 6.07) is 12.6. The molecule has 0 fully saturated rings. The first-order valence-corrected chi connectivity index (χ1v) is 12.5. The zero-order chi connectivity index (χ0) is 26.7. The molecule has 0 saturated heterocycles. The van der Waals surface area contributed by atoms with E-state index in [0.717, 1.165) is 22.4 Å². The van der Waals surface area contributed by atoms with E-state index in [1.807, 2.05) is 43.3 Å². The molecular weight excluding hydrogens is 504 g/mol. The number of hydrogen-bond donors (Lipinski definition) is 0. The molecule has 5 aromatic rings. The lowest BCUT2D eigenvalue weighted by molar-refractivity contribution is 0.0989. The lowest BCUT2D eigenvalue weighted by Crippen LogP contribution is -2.31. The van der Waals surface area contributed by atoms with Crippen molar-refractivity contribution in [2.75, 3.05) is 12.0 Å². The van der Waals surface area contributed by atoms with E-state index in [2.05, 4.69) is 33.7 Å². The van der Waals surface area contributed by atoms with Crippen LogP contribution in [0.5, 0.6) is 5.88 Å². The summed E-state index contributed by atoms with van der Waals surface area (Å²) in [6.07, 6.45) is 1.71. The van der Waals surface area contributed by atoms with Gasteiger partial charge in [0.15, 0.2) is 11.3 Å². The molecule has 4 aromatic heterocycles. The zero-order valence-electron chi connectivity index (χ0n) is 21.5. The molecule has 1 atom stereocenters. The van der Waals surface area contributed by atoms with Gasteiger partial charge in [0, 0.05) is 35.9 Å². The molecule has 0 N–H and O–H groups in total. The molecule has 38 heavy (non-hydrogen) atoms. The monoisotopic (exact) mass is 528 g/mol. The number of halogens is 1. The third-order valence-corrected chi connectivity index (χ3v) is 7.03. The summed E-state index contributed by atoms with van der Waals surface area (Å²) in [7, 11) is 3.36. The van der Waals surface area contributed by atoms with Crippen molar-refractivity contribution in [2.45, 2.75) is 32.9 Å². The predicted molar refractivity (Wildman–Crippen MR) is 144 cm³/mol. The average Bonchev–Trinajstić information content (AvgIpc) is 3.56. The number of nitrogens with zero attached hydrogens (tertiary/aromatic N) is 8. The van der Waals surface area contributed by atoms with E-state index in [4.69, 9.17) is 26.3 Å². The molecule has 192 valence electrons. The van der Waals surface area contributed by atoms with E-state index in [0.29, 0.717) is 39.4 Å². The molecule has 10 nitrogen and oxygen atoms in total. The van der Waals surface area contributed by atoms with Crippen molar-refractivity contribution in [3.63, 3.8) is 0 Å². The number of benzene rings is 1. The number of methoxy groups -OCH3 is 1. The number of hydrogen-bond acceptors (Lipinski definition) is 7. The van der Waals surface area contributed by atoms with Crippen LogP contribution in [0, 0.1) is 6.92 Å². The van der Waals surface area contributed by atoms with Gasteiger partial charge in [0.1, 0.15) is 23.2 Å². The van der Waals surface area contributed by atoms with Crippen LogP contribution in [-0.2, 0) is 7.05 Å². The van der Waals surface area contributed by atoms with Crippen molar-refractivity contribution in [3.05, 3.63) is 76.2 Å². The Balaban J connectivity index is 1.59. The molecule has 1 aliphatic heterocycles. The summed E-state index contributed by atoms with van der Waals surface area (Å²) < 4.78 is 8.94. The van der Waals surface area contributed by atoms with E-state index in [-0.39, 0.29) is 11.9 Å². The maximum Gasteiger partial charge on any atom is 0.280 e. The number of aromatic nitrogens is 7. The molecule has 6 rings (SSSR count). The van der Waals surface area contributed by atoms with Gasteiger partial charge in [0.2, 0.25) is 5.88 Å². The van der Waals surface area contributed by atoms with Crippen LogP contribution in [0.3, 0.4) is 0 Å². The topological polar surface area (TPSA) is 104 Å². The standard InChI is InChI=1S/C27H25ClN8O2/c1-14(2)35-24-22(31-25(35)17-8-11-20(38-5)29-13-17)27(37)36(23(24)16-6-9-18(28)10-7-16)19-12-15(3)21-26(30-19)34(4)33-32-21/h6-14,23H,1-5H3/t23-/m1/s1. The van der Waals surface area contributed by atoms with E-state index < -0.39 is 6.04 Å². The van der Waals surface area contributed by atoms with Gasteiger partial charge in [0.25, 0.3) is 5.91 Å². The second kappa shape index (κ2) is 8.91. The second-order valence-corrected chi connectivity index (χ2v) is 9.97. The van der Waals surface area contributed by atoms with Crippen LogP contribution in [0.2, 0.25) is 5.02 Å². The maximum atomic E-state index is 14.1. The molecular formula is C27H25ClN8O2. The first-order valence-electron chi connectivity index (χ1n) is 12.2. The minimum absolute atomic E-state index is 0.00403. The number of ether oxygens (including phenoxy) is 1. The van der Waals surface area contributed by atoms with Gasteiger partial charge >= 0.3 is 0 Å². The van der Waals surface area contributed by atoms with Crippen LogP contribution in [0.25, 0.3) is 22.6 Å². The highest BCUT2D eigenvalue weighted by atomic mass is 35.5. The number of imidazole rings is 1. The molecule has 0 unspecified atom stereocenters. The first-order chi connectivity index (χ1) is 18.3. The minimum Gasteiger partial charge on any atom is -0.481 e. The van der Waals surface area contributed by atoms with Crippen LogP contribution < -0.4 is 9.64 Å². The van der Waals surface area contributed by atoms with Crippen molar-refractivity contribution in [1.29, 1.82) is 0 Å². The van der Waals surface area contributed by atoms with E-state index in [1.165, 1.54) is 0 Å². The molecule has 1 amide bonds. The number of fused-ring (bicyclic) bond motifs is 2. The largest absolute Gasteiger partial charge is 0.481 e. The molecule has 1 aliphatic rings. The van der Waals surface area contributed by atoms with E-state index in [9.17, 15) is 4.79 Å². The summed E-state index contributed by atoms with van der Waals surface area (Å²) in [5, 5.41) is 8.94. The van der Waals surface area contributed by atoms with Gasteiger partial charge in [-0.2, -0.15) is 0 Å². The van der Waals surface area contributed by atoms with Gasteiger partial charge < -0.3 is 9.30 Å². The third-order valence-electron chi connectivity index (χ3n) is 6.78. The van der Waals surface area contributed by atoms with Crippen molar-refractivity contribution < 1.29 is 9.53 Å². The number of carbonyl (C=O) groups excluding carboxylic acids is 1. The van der Waals surface area contributed by atoms with Crippen molar-refractivity contribution in [2.24, 2.45) is 7.05 Å². The van der Waals surface area contributed by atoms with Gasteiger partial charge in [0.05, 0.1) is 12.8 Å². The number of anilines is 1. The summed E-state index contributed by atoms with van der Waals surface area (Å²) in [6.45, 7) is 6.09. The highest BCUT2D eigenvalue weighted by Gasteiger charge is 2.45. The van der Waals surface area contributed by atoms with Crippen LogP contribution in [-0.4, -0.2) is 47.5 Å². The number of rotatable bonds is 5. The molecule has 5 heterocycles. The average molecular weight is 529 g/mol. The maximum absolute atomic E-state index is 14.1. The Morgan fingerprint density at radius 3 is 2.50 bits per heavy atom. The summed E-state index contributed by atoms with van der Waals surface area (Å²) in [4.78, 5) is 29.9. The fourth-order valence-electron chi connectivity index (χ4n) is 5.02. The Labute approximate surface area is 223 Å². The SMILES string of the molecule is COc1ccc(-c2nc3c(n2C(C)C)[C@@H](c2ccc(Cl)cc2)N(c2cc(C)c4nnn(C)c4n2)C3=O)cn1. The number of amides is 1. The van der Waals surface area contributed by atoms with Crippen molar-refractivity contribution in [1.82, 2.24) is 34.5 Å². The molecule has 0 saturated carbocycles. The van der Waals surface area contributed by atoms with Crippen LogP contribution >= 0.6 is 11.6 Å².